The Morgan fingerprint density at radius 1 is 1.38 bits per heavy atom. The van der Waals surface area contributed by atoms with Crippen molar-refractivity contribution >= 4 is 6.29 Å². The van der Waals surface area contributed by atoms with Crippen LogP contribution in [0.1, 0.15) is 18.0 Å². The van der Waals surface area contributed by atoms with Crippen molar-refractivity contribution in [3.05, 3.63) is 47.6 Å². The first-order valence-corrected chi connectivity index (χ1v) is 4.70. The number of aldehydes is 1. The number of nitrogens with zero attached hydrogens (tertiary/aromatic N) is 2. The summed E-state index contributed by atoms with van der Waals surface area (Å²) in [6.07, 6.45) is 5.71. The maximum absolute atomic E-state index is 13.4. The van der Waals surface area contributed by atoms with E-state index in [0.717, 1.165) is 0 Å². The Bertz CT molecular complexity index is 468. The maximum atomic E-state index is 13.4. The summed E-state index contributed by atoms with van der Waals surface area (Å²) in [6, 6.07) is 0. The van der Waals surface area contributed by atoms with Crippen molar-refractivity contribution < 1.29 is 13.6 Å². The van der Waals surface area contributed by atoms with Gasteiger partial charge in [-0.3, -0.25) is 14.8 Å². The molecule has 0 N–H and O–H groups in total. The minimum absolute atomic E-state index is 0.0554. The highest BCUT2D eigenvalue weighted by Crippen LogP contribution is 2.34. The van der Waals surface area contributed by atoms with Crippen LogP contribution in [0.15, 0.2) is 41.9 Å². The van der Waals surface area contributed by atoms with E-state index < -0.39 is 23.1 Å². The molecular formula is C11H8F2N2O. The highest BCUT2D eigenvalue weighted by molar-refractivity contribution is 5.80. The van der Waals surface area contributed by atoms with Gasteiger partial charge in [-0.15, -0.1) is 0 Å². The second-order valence-corrected chi connectivity index (χ2v) is 3.39. The first-order chi connectivity index (χ1) is 7.72. The molecule has 0 amide bonds. The van der Waals surface area contributed by atoms with E-state index in [0.29, 0.717) is 5.69 Å². The average Bonchev–Trinajstić information content (AvgIpc) is 2.30. The predicted molar refractivity (Wildman–Crippen MR) is 52.8 cm³/mol. The van der Waals surface area contributed by atoms with Crippen LogP contribution in [0.2, 0.25) is 0 Å². The van der Waals surface area contributed by atoms with E-state index in [2.05, 4.69) is 9.97 Å². The summed E-state index contributed by atoms with van der Waals surface area (Å²) in [7, 11) is 0. The molecule has 16 heavy (non-hydrogen) atoms. The molecule has 0 saturated heterocycles. The molecule has 0 aromatic carbocycles. The number of rotatable bonds is 2. The van der Waals surface area contributed by atoms with Gasteiger partial charge >= 0.3 is 0 Å². The topological polar surface area (TPSA) is 42.9 Å². The monoisotopic (exact) mass is 222 g/mol. The summed E-state index contributed by atoms with van der Waals surface area (Å²) < 4.78 is 26.7. The van der Waals surface area contributed by atoms with Crippen LogP contribution in [-0.2, 0) is 4.79 Å². The average molecular weight is 222 g/mol. The van der Waals surface area contributed by atoms with Crippen LogP contribution in [0, 0.1) is 0 Å². The van der Waals surface area contributed by atoms with Gasteiger partial charge in [-0.2, -0.15) is 0 Å². The Kier molecular flexibility index (Phi) is 2.85. The molecule has 82 valence electrons. The molecule has 0 saturated carbocycles. The van der Waals surface area contributed by atoms with Crippen molar-refractivity contribution in [3.63, 3.8) is 0 Å². The van der Waals surface area contributed by atoms with E-state index in [-0.39, 0.29) is 12.7 Å². The van der Waals surface area contributed by atoms with Crippen LogP contribution in [0.5, 0.6) is 0 Å². The standard InChI is InChI=1S/C11H8F2N2O/c12-9-3-7(4-10(13)8(9)6-16)11-5-14-1-2-15-11/h1-3,5-7H,4H2. The lowest BCUT2D eigenvalue weighted by Gasteiger charge is -2.16. The molecule has 0 bridgehead atoms. The van der Waals surface area contributed by atoms with Crippen molar-refractivity contribution in [3.8, 4) is 0 Å². The van der Waals surface area contributed by atoms with Crippen molar-refractivity contribution in [1.82, 2.24) is 9.97 Å². The largest absolute Gasteiger partial charge is 0.298 e. The molecule has 1 atom stereocenters. The summed E-state index contributed by atoms with van der Waals surface area (Å²) in [4.78, 5) is 18.2. The quantitative estimate of drug-likeness (QED) is 0.720. The van der Waals surface area contributed by atoms with Crippen LogP contribution < -0.4 is 0 Å². The minimum atomic E-state index is -0.839. The van der Waals surface area contributed by atoms with E-state index >= 15 is 0 Å². The summed E-state index contributed by atoms with van der Waals surface area (Å²) in [5.74, 6) is -2.09. The van der Waals surface area contributed by atoms with Crippen LogP contribution in [-0.4, -0.2) is 16.3 Å². The van der Waals surface area contributed by atoms with Gasteiger partial charge in [-0.25, -0.2) is 8.78 Å². The number of allylic oxidation sites excluding steroid dienone is 4. The second-order valence-electron chi connectivity index (χ2n) is 3.39. The number of hydrogen-bond acceptors (Lipinski definition) is 3. The third-order valence-electron chi connectivity index (χ3n) is 2.38. The molecular weight excluding hydrogens is 214 g/mol. The third kappa shape index (κ3) is 1.88. The van der Waals surface area contributed by atoms with Crippen molar-refractivity contribution in [1.29, 1.82) is 0 Å². The van der Waals surface area contributed by atoms with Gasteiger partial charge in [-0.1, -0.05) is 0 Å². The molecule has 1 unspecified atom stereocenters. The Balaban J connectivity index is 2.32. The van der Waals surface area contributed by atoms with E-state index in [1.807, 2.05) is 0 Å². The fourth-order valence-corrected chi connectivity index (χ4v) is 1.57. The Morgan fingerprint density at radius 2 is 2.19 bits per heavy atom. The Morgan fingerprint density at radius 3 is 2.75 bits per heavy atom. The molecule has 0 aliphatic heterocycles. The Labute approximate surface area is 90.5 Å². The highest BCUT2D eigenvalue weighted by Gasteiger charge is 2.24. The zero-order valence-corrected chi connectivity index (χ0v) is 8.23. The van der Waals surface area contributed by atoms with E-state index in [9.17, 15) is 13.6 Å². The number of halogens is 2. The summed E-state index contributed by atoms with van der Waals surface area (Å²) >= 11 is 0. The molecule has 0 spiro atoms. The molecule has 3 nitrogen and oxygen atoms in total. The van der Waals surface area contributed by atoms with Gasteiger partial charge in [0, 0.05) is 30.9 Å². The molecule has 2 rings (SSSR count). The van der Waals surface area contributed by atoms with Gasteiger partial charge in [0.1, 0.15) is 11.7 Å². The van der Waals surface area contributed by atoms with Crippen LogP contribution in [0.3, 0.4) is 0 Å². The van der Waals surface area contributed by atoms with Crippen molar-refractivity contribution in [2.24, 2.45) is 0 Å². The molecule has 1 aliphatic rings. The normalized spacial score (nSPS) is 20.6. The van der Waals surface area contributed by atoms with Crippen LogP contribution in [0.25, 0.3) is 0 Å². The summed E-state index contributed by atoms with van der Waals surface area (Å²) in [5, 5.41) is 0. The molecule has 1 aromatic rings. The van der Waals surface area contributed by atoms with Gasteiger partial charge in [0.15, 0.2) is 6.29 Å². The van der Waals surface area contributed by atoms with Gasteiger partial charge < -0.3 is 0 Å². The van der Waals surface area contributed by atoms with Crippen molar-refractivity contribution in [2.45, 2.75) is 12.3 Å². The van der Waals surface area contributed by atoms with Gasteiger partial charge in [0.25, 0.3) is 0 Å². The highest BCUT2D eigenvalue weighted by atomic mass is 19.1. The van der Waals surface area contributed by atoms with E-state index in [1.54, 1.807) is 0 Å². The SMILES string of the molecule is O=CC1=C(F)CC(c2cnccn2)C=C1F. The zero-order valence-electron chi connectivity index (χ0n) is 8.23. The number of hydrogen-bond donors (Lipinski definition) is 0. The fourth-order valence-electron chi connectivity index (χ4n) is 1.57. The lowest BCUT2D eigenvalue weighted by atomic mass is 9.93. The summed E-state index contributed by atoms with van der Waals surface area (Å²) in [6.45, 7) is 0. The maximum Gasteiger partial charge on any atom is 0.155 e. The van der Waals surface area contributed by atoms with E-state index in [4.69, 9.17) is 0 Å². The van der Waals surface area contributed by atoms with Crippen LogP contribution in [0.4, 0.5) is 8.78 Å². The smallest absolute Gasteiger partial charge is 0.155 e. The number of carbonyl (C=O) groups is 1. The number of carbonyl (C=O) groups excluding carboxylic acids is 1. The molecule has 5 heteroatoms. The summed E-state index contributed by atoms with van der Waals surface area (Å²) in [5.41, 5.74) is -0.0158. The molecule has 1 aromatic heterocycles. The van der Waals surface area contributed by atoms with Gasteiger partial charge in [0.05, 0.1) is 11.3 Å². The first kappa shape index (κ1) is 10.6. The van der Waals surface area contributed by atoms with Crippen LogP contribution >= 0.6 is 0 Å². The third-order valence-corrected chi connectivity index (χ3v) is 2.38. The second kappa shape index (κ2) is 4.30. The Hall–Kier alpha value is -1.91. The number of aromatic nitrogens is 2. The molecule has 0 radical (unpaired) electrons. The molecule has 1 aliphatic carbocycles. The lowest BCUT2D eigenvalue weighted by Crippen LogP contribution is -2.07. The fraction of sp³-hybridized carbons (Fsp3) is 0.182. The molecule has 1 heterocycles. The van der Waals surface area contributed by atoms with Gasteiger partial charge in [-0.05, 0) is 6.08 Å². The minimum Gasteiger partial charge on any atom is -0.298 e. The zero-order chi connectivity index (χ0) is 11.5. The van der Waals surface area contributed by atoms with E-state index in [1.165, 1.54) is 24.7 Å². The van der Waals surface area contributed by atoms with Gasteiger partial charge in [0.2, 0.25) is 0 Å². The lowest BCUT2D eigenvalue weighted by molar-refractivity contribution is -0.105. The first-order valence-electron chi connectivity index (χ1n) is 4.70. The van der Waals surface area contributed by atoms with Crippen molar-refractivity contribution in [2.75, 3.05) is 0 Å². The predicted octanol–water partition coefficient (Wildman–Crippen LogP) is 2.24. The molecule has 0 fully saturated rings.